The molecular weight excluding hydrogens is 104 g/mol. The first kappa shape index (κ1) is 4.36. The predicted octanol–water partition coefficient (Wildman–Crippen LogP) is 0.712. The highest BCUT2D eigenvalue weighted by molar-refractivity contribution is 5.94. The number of hydrogen-bond acceptors (Lipinski definition) is 2. The third-order valence-electron chi connectivity index (χ3n) is 1.97. The van der Waals surface area contributed by atoms with Gasteiger partial charge in [-0.2, -0.15) is 0 Å². The summed E-state index contributed by atoms with van der Waals surface area (Å²) < 4.78 is 4.77. The molecule has 2 heteroatoms. The van der Waals surface area contributed by atoms with Crippen molar-refractivity contribution in [1.29, 1.82) is 0 Å². The first-order valence-electron chi connectivity index (χ1n) is 2.96. The summed E-state index contributed by atoms with van der Waals surface area (Å²) >= 11 is 0. The molecule has 0 aromatic heterocycles. The molecule has 2 fully saturated rings. The van der Waals surface area contributed by atoms with Gasteiger partial charge in [-0.3, -0.25) is 0 Å². The zero-order valence-corrected chi connectivity index (χ0v) is 4.81. The van der Waals surface area contributed by atoms with E-state index in [1.165, 1.54) is 0 Å². The summed E-state index contributed by atoms with van der Waals surface area (Å²) in [5.74, 6) is 0.733. The van der Waals surface area contributed by atoms with E-state index in [4.69, 9.17) is 4.74 Å². The third-order valence-corrected chi connectivity index (χ3v) is 1.97. The van der Waals surface area contributed by atoms with Crippen molar-refractivity contribution < 1.29 is 9.53 Å². The van der Waals surface area contributed by atoms with Gasteiger partial charge in [0.05, 0.1) is 0 Å². The second-order valence-corrected chi connectivity index (χ2v) is 2.90. The zero-order chi connectivity index (χ0) is 5.78. The van der Waals surface area contributed by atoms with Gasteiger partial charge in [0.25, 0.3) is 0 Å². The molecule has 1 heterocycles. The molecule has 0 N–H and O–H groups in total. The first-order valence-corrected chi connectivity index (χ1v) is 2.96. The number of carbonyl (C=O) groups excluding carboxylic acids is 1. The van der Waals surface area contributed by atoms with Crippen molar-refractivity contribution in [3.63, 3.8) is 0 Å². The maximum absolute atomic E-state index is 10.4. The molecule has 0 unspecified atom stereocenters. The van der Waals surface area contributed by atoms with Gasteiger partial charge >= 0.3 is 5.97 Å². The van der Waals surface area contributed by atoms with Crippen LogP contribution in [-0.2, 0) is 9.53 Å². The van der Waals surface area contributed by atoms with Crippen LogP contribution in [0, 0.1) is 5.92 Å². The Morgan fingerprint density at radius 2 is 2.25 bits per heavy atom. The van der Waals surface area contributed by atoms with Crippen molar-refractivity contribution in [2.45, 2.75) is 25.4 Å². The predicted molar refractivity (Wildman–Crippen MR) is 27.2 cm³/mol. The van der Waals surface area contributed by atoms with Crippen LogP contribution in [0.2, 0.25) is 0 Å². The summed E-state index contributed by atoms with van der Waals surface area (Å²) in [6.07, 6.45) is 1.93. The van der Waals surface area contributed by atoms with Crippen LogP contribution in [0.15, 0.2) is 0 Å². The van der Waals surface area contributed by atoms with Gasteiger partial charge in [-0.25, -0.2) is 4.79 Å². The highest BCUT2D eigenvalue weighted by Crippen LogP contribution is 2.50. The normalized spacial score (nSPS) is 50.6. The Kier molecular flexibility index (Phi) is 0.504. The maximum Gasteiger partial charge on any atom is 0.351 e. The standard InChI is InChI=1S/C6H8O2/c1-4-2-6(3-4)5(7)8-6/h4H,2-3H2,1H3. The van der Waals surface area contributed by atoms with E-state index in [0.29, 0.717) is 5.92 Å². The second-order valence-electron chi connectivity index (χ2n) is 2.90. The zero-order valence-electron chi connectivity index (χ0n) is 4.81. The Labute approximate surface area is 47.8 Å². The summed E-state index contributed by atoms with van der Waals surface area (Å²) in [7, 11) is 0. The van der Waals surface area contributed by atoms with Gasteiger partial charge in [-0.05, 0) is 5.92 Å². The minimum atomic E-state index is -0.237. The lowest BCUT2D eigenvalue weighted by atomic mass is 9.76. The molecule has 2 nitrogen and oxygen atoms in total. The van der Waals surface area contributed by atoms with E-state index < -0.39 is 0 Å². The summed E-state index contributed by atoms with van der Waals surface area (Å²) in [5.41, 5.74) is -0.237. The molecule has 1 spiro atoms. The van der Waals surface area contributed by atoms with E-state index >= 15 is 0 Å². The molecule has 2 aliphatic rings. The van der Waals surface area contributed by atoms with Crippen LogP contribution in [-0.4, -0.2) is 11.6 Å². The van der Waals surface area contributed by atoms with Crippen LogP contribution in [0.25, 0.3) is 0 Å². The molecule has 44 valence electrons. The van der Waals surface area contributed by atoms with Crippen molar-refractivity contribution >= 4 is 5.97 Å². The third kappa shape index (κ3) is 0.320. The molecule has 2 rings (SSSR count). The number of rotatable bonds is 0. The minimum Gasteiger partial charge on any atom is -0.444 e. The van der Waals surface area contributed by atoms with Gasteiger partial charge < -0.3 is 4.74 Å². The van der Waals surface area contributed by atoms with Crippen molar-refractivity contribution in [2.24, 2.45) is 5.92 Å². The molecule has 1 saturated heterocycles. The molecule has 0 bridgehead atoms. The molecule has 0 atom stereocenters. The highest BCUT2D eigenvalue weighted by atomic mass is 16.7. The second kappa shape index (κ2) is 0.925. The van der Waals surface area contributed by atoms with Crippen LogP contribution >= 0.6 is 0 Å². The Balaban J connectivity index is 2.05. The van der Waals surface area contributed by atoms with E-state index in [-0.39, 0.29) is 11.6 Å². The van der Waals surface area contributed by atoms with Crippen molar-refractivity contribution in [1.82, 2.24) is 0 Å². The van der Waals surface area contributed by atoms with E-state index in [1.54, 1.807) is 0 Å². The quantitative estimate of drug-likeness (QED) is 0.432. The van der Waals surface area contributed by atoms with Crippen LogP contribution in [0.1, 0.15) is 19.8 Å². The molecule has 0 aromatic carbocycles. The lowest BCUT2D eigenvalue weighted by Crippen LogP contribution is -2.31. The summed E-state index contributed by atoms with van der Waals surface area (Å²) in [6, 6.07) is 0. The van der Waals surface area contributed by atoms with Crippen molar-refractivity contribution in [3.8, 4) is 0 Å². The van der Waals surface area contributed by atoms with Gasteiger partial charge in [-0.1, -0.05) is 6.92 Å². The van der Waals surface area contributed by atoms with Gasteiger partial charge in [0, 0.05) is 12.8 Å². The fourth-order valence-corrected chi connectivity index (χ4v) is 1.47. The van der Waals surface area contributed by atoms with Crippen molar-refractivity contribution in [2.75, 3.05) is 0 Å². The maximum atomic E-state index is 10.4. The van der Waals surface area contributed by atoms with Crippen LogP contribution in [0.4, 0.5) is 0 Å². The lowest BCUT2D eigenvalue weighted by Gasteiger charge is -2.25. The average Bonchev–Trinajstić information content (AvgIpc) is 2.13. The van der Waals surface area contributed by atoms with Crippen LogP contribution in [0.5, 0.6) is 0 Å². The van der Waals surface area contributed by atoms with Gasteiger partial charge in [-0.15, -0.1) is 0 Å². The van der Waals surface area contributed by atoms with E-state index in [2.05, 4.69) is 6.92 Å². The Hall–Kier alpha value is -0.530. The fraction of sp³-hybridized carbons (Fsp3) is 0.833. The van der Waals surface area contributed by atoms with E-state index in [0.717, 1.165) is 12.8 Å². The van der Waals surface area contributed by atoms with Gasteiger partial charge in [0.15, 0.2) is 0 Å². The smallest absolute Gasteiger partial charge is 0.351 e. The molecule has 1 aliphatic heterocycles. The van der Waals surface area contributed by atoms with Crippen molar-refractivity contribution in [3.05, 3.63) is 0 Å². The minimum absolute atomic E-state index is 0.0237. The number of epoxide rings is 1. The topological polar surface area (TPSA) is 29.6 Å². The molecule has 1 aliphatic carbocycles. The average molecular weight is 112 g/mol. The molecule has 0 aromatic rings. The molecular formula is C6H8O2. The number of carbonyl (C=O) groups is 1. The molecule has 0 radical (unpaired) electrons. The lowest BCUT2D eigenvalue weighted by molar-refractivity contribution is -0.117. The van der Waals surface area contributed by atoms with Crippen LogP contribution < -0.4 is 0 Å². The summed E-state index contributed by atoms with van der Waals surface area (Å²) in [6.45, 7) is 2.14. The Morgan fingerprint density at radius 3 is 2.38 bits per heavy atom. The summed E-state index contributed by atoms with van der Waals surface area (Å²) in [4.78, 5) is 10.4. The van der Waals surface area contributed by atoms with Gasteiger partial charge in [0.2, 0.25) is 5.60 Å². The molecule has 8 heavy (non-hydrogen) atoms. The Morgan fingerprint density at radius 1 is 1.75 bits per heavy atom. The first-order chi connectivity index (χ1) is 3.73. The largest absolute Gasteiger partial charge is 0.444 e. The molecule has 1 saturated carbocycles. The highest BCUT2D eigenvalue weighted by Gasteiger charge is 2.64. The van der Waals surface area contributed by atoms with Gasteiger partial charge in [0.1, 0.15) is 0 Å². The SMILES string of the molecule is CC1CC2(C1)OC2=O. The monoisotopic (exact) mass is 112 g/mol. The summed E-state index contributed by atoms with van der Waals surface area (Å²) in [5, 5.41) is 0. The molecule has 0 amide bonds. The van der Waals surface area contributed by atoms with Crippen LogP contribution in [0.3, 0.4) is 0 Å². The number of ether oxygens (including phenoxy) is 1. The fourth-order valence-electron chi connectivity index (χ4n) is 1.47. The van der Waals surface area contributed by atoms with E-state index in [1.807, 2.05) is 0 Å². The van der Waals surface area contributed by atoms with E-state index in [9.17, 15) is 4.79 Å². The Bertz CT molecular complexity index is 145. The number of hydrogen-bond donors (Lipinski definition) is 0.